The summed E-state index contributed by atoms with van der Waals surface area (Å²) in [5.41, 5.74) is 3.21. The lowest BCUT2D eigenvalue weighted by molar-refractivity contribution is 0.00322. The number of carbonyl (C=O) groups excluding carboxylic acids is 1. The van der Waals surface area contributed by atoms with Crippen LogP contribution >= 0.6 is 11.6 Å². The molecule has 0 atom stereocenters. The predicted molar refractivity (Wildman–Crippen MR) is 108 cm³/mol. The summed E-state index contributed by atoms with van der Waals surface area (Å²) in [5, 5.41) is 3.05. The number of hydrogen-bond donors (Lipinski definition) is 2. The van der Waals surface area contributed by atoms with Crippen molar-refractivity contribution >= 4 is 28.9 Å². The number of anilines is 2. The van der Waals surface area contributed by atoms with E-state index in [-0.39, 0.29) is 11.3 Å². The molecule has 2 N–H and O–H groups in total. The molecule has 0 spiro atoms. The molecule has 0 aliphatic heterocycles. The normalized spacial score (nSPS) is 13.2. The number of amides is 1. The van der Waals surface area contributed by atoms with E-state index in [0.29, 0.717) is 23.2 Å². The molecule has 0 saturated heterocycles. The van der Waals surface area contributed by atoms with E-state index in [9.17, 15) is 13.6 Å². The van der Waals surface area contributed by atoms with Crippen molar-refractivity contribution in [2.24, 2.45) is 5.92 Å². The summed E-state index contributed by atoms with van der Waals surface area (Å²) in [7, 11) is 0. The number of hydroxylamine groups is 1. The molecule has 2 aromatic carbocycles. The fraction of sp³-hybridized carbons (Fsp3) is 0.381. The van der Waals surface area contributed by atoms with Crippen LogP contribution < -0.4 is 10.8 Å². The van der Waals surface area contributed by atoms with Crippen LogP contribution in [0.3, 0.4) is 0 Å². The van der Waals surface area contributed by atoms with Gasteiger partial charge < -0.3 is 5.32 Å². The first-order valence-corrected chi connectivity index (χ1v) is 9.77. The van der Waals surface area contributed by atoms with Gasteiger partial charge in [-0.25, -0.2) is 14.3 Å². The molecule has 1 saturated carbocycles. The number of halogens is 3. The molecule has 28 heavy (non-hydrogen) atoms. The van der Waals surface area contributed by atoms with Gasteiger partial charge in [0.05, 0.1) is 28.6 Å². The van der Waals surface area contributed by atoms with Gasteiger partial charge in [0.2, 0.25) is 0 Å². The molecule has 1 amide bonds. The molecule has 0 heterocycles. The lowest BCUT2D eigenvalue weighted by atomic mass is 9.86. The van der Waals surface area contributed by atoms with E-state index in [4.69, 9.17) is 16.4 Å². The van der Waals surface area contributed by atoms with Crippen molar-refractivity contribution in [1.82, 2.24) is 5.48 Å². The van der Waals surface area contributed by atoms with Crippen LogP contribution in [0.25, 0.3) is 0 Å². The third kappa shape index (κ3) is 5.42. The van der Waals surface area contributed by atoms with Gasteiger partial charge >= 0.3 is 0 Å². The summed E-state index contributed by atoms with van der Waals surface area (Å²) in [6.45, 7) is 6.26. The van der Waals surface area contributed by atoms with E-state index in [1.165, 1.54) is 6.07 Å². The second kappa shape index (κ2) is 10.4. The lowest BCUT2D eigenvalue weighted by Crippen LogP contribution is -2.29. The summed E-state index contributed by atoms with van der Waals surface area (Å²) in [4.78, 5) is 17.5. The number of nitrogens with one attached hydrogen (secondary N) is 2. The fourth-order valence-corrected chi connectivity index (χ4v) is 2.94. The molecule has 152 valence electrons. The molecule has 4 nitrogen and oxygen atoms in total. The number of carbonyl (C=O) groups is 1. The van der Waals surface area contributed by atoms with E-state index in [1.807, 2.05) is 20.8 Å². The van der Waals surface area contributed by atoms with E-state index in [0.717, 1.165) is 30.9 Å². The van der Waals surface area contributed by atoms with Crippen molar-refractivity contribution in [3.05, 3.63) is 58.1 Å². The van der Waals surface area contributed by atoms with Crippen LogP contribution in [0.1, 0.15) is 49.0 Å². The van der Waals surface area contributed by atoms with Crippen LogP contribution in [0, 0.1) is 24.5 Å². The second-order valence-electron chi connectivity index (χ2n) is 6.43. The van der Waals surface area contributed by atoms with Crippen LogP contribution in [-0.2, 0) is 4.84 Å². The number of rotatable bonds is 6. The highest BCUT2D eigenvalue weighted by Gasteiger charge is 2.21. The smallest absolute Gasteiger partial charge is 0.277 e. The monoisotopic (exact) mass is 410 g/mol. The van der Waals surface area contributed by atoms with Crippen LogP contribution in [0.15, 0.2) is 30.3 Å². The zero-order valence-corrected chi connectivity index (χ0v) is 17.0. The van der Waals surface area contributed by atoms with Crippen LogP contribution in [-0.4, -0.2) is 12.5 Å². The Morgan fingerprint density at radius 1 is 1.21 bits per heavy atom. The number of aryl methyl sites for hydroxylation is 1. The van der Waals surface area contributed by atoms with Gasteiger partial charge in [-0.1, -0.05) is 37.9 Å². The van der Waals surface area contributed by atoms with Crippen LogP contribution in [0.4, 0.5) is 20.2 Å². The predicted octanol–water partition coefficient (Wildman–Crippen LogP) is 6.16. The number of benzene rings is 2. The average Bonchev–Trinajstić information content (AvgIpc) is 2.64. The standard InChI is InChI=1S/C19H19ClF2N2O2.C2H6/c1-11-5-8-16(14(20)9-11)23-18-13(6-7-15(21)17(18)22)19(25)24-26-10-12-3-2-4-12;1-2/h5-9,12,23H,2-4,10H2,1H3,(H,24,25);1-2H3. The summed E-state index contributed by atoms with van der Waals surface area (Å²) in [6, 6.07) is 7.19. The topological polar surface area (TPSA) is 50.4 Å². The van der Waals surface area contributed by atoms with E-state index < -0.39 is 17.5 Å². The zero-order chi connectivity index (χ0) is 20.7. The second-order valence-corrected chi connectivity index (χ2v) is 6.84. The summed E-state index contributed by atoms with van der Waals surface area (Å²) in [5.74, 6) is -2.45. The maximum Gasteiger partial charge on any atom is 0.277 e. The summed E-state index contributed by atoms with van der Waals surface area (Å²) >= 11 is 6.14. The van der Waals surface area contributed by atoms with Gasteiger partial charge in [-0.05, 0) is 55.5 Å². The molecule has 2 aromatic rings. The van der Waals surface area contributed by atoms with Gasteiger partial charge in [-0.3, -0.25) is 9.63 Å². The molecule has 0 unspecified atom stereocenters. The fourth-order valence-electron chi connectivity index (χ4n) is 2.66. The highest BCUT2D eigenvalue weighted by molar-refractivity contribution is 6.33. The Kier molecular flexibility index (Phi) is 8.20. The van der Waals surface area contributed by atoms with Crippen molar-refractivity contribution in [2.75, 3.05) is 11.9 Å². The van der Waals surface area contributed by atoms with Gasteiger partial charge in [0.1, 0.15) is 0 Å². The van der Waals surface area contributed by atoms with Crippen LogP contribution in [0.5, 0.6) is 0 Å². The van der Waals surface area contributed by atoms with Gasteiger partial charge in [0, 0.05) is 0 Å². The van der Waals surface area contributed by atoms with Gasteiger partial charge in [0.25, 0.3) is 5.91 Å². The minimum Gasteiger partial charge on any atom is -0.351 e. The quantitative estimate of drug-likeness (QED) is 0.561. The van der Waals surface area contributed by atoms with Crippen molar-refractivity contribution < 1.29 is 18.4 Å². The molecule has 0 radical (unpaired) electrons. The molecule has 0 bridgehead atoms. The first kappa shape index (κ1) is 22.1. The third-order valence-corrected chi connectivity index (χ3v) is 4.75. The van der Waals surface area contributed by atoms with Crippen LogP contribution in [0.2, 0.25) is 5.02 Å². The number of hydrogen-bond acceptors (Lipinski definition) is 3. The maximum atomic E-state index is 14.3. The first-order valence-electron chi connectivity index (χ1n) is 9.39. The molecule has 1 fully saturated rings. The average molecular weight is 411 g/mol. The Balaban J connectivity index is 0.00000136. The lowest BCUT2D eigenvalue weighted by Gasteiger charge is -2.24. The Labute approximate surface area is 169 Å². The molecule has 3 rings (SSSR count). The van der Waals surface area contributed by atoms with Crippen molar-refractivity contribution in [3.63, 3.8) is 0 Å². The molecular weight excluding hydrogens is 386 g/mol. The highest BCUT2D eigenvalue weighted by atomic mass is 35.5. The van der Waals surface area contributed by atoms with Gasteiger partial charge in [-0.15, -0.1) is 0 Å². The van der Waals surface area contributed by atoms with E-state index in [1.54, 1.807) is 18.2 Å². The van der Waals surface area contributed by atoms with Crippen molar-refractivity contribution in [2.45, 2.75) is 40.0 Å². The largest absolute Gasteiger partial charge is 0.351 e. The summed E-state index contributed by atoms with van der Waals surface area (Å²) < 4.78 is 28.0. The summed E-state index contributed by atoms with van der Waals surface area (Å²) in [6.07, 6.45) is 3.30. The molecule has 1 aliphatic rings. The van der Waals surface area contributed by atoms with E-state index >= 15 is 0 Å². The SMILES string of the molecule is CC.Cc1ccc(Nc2c(C(=O)NOCC3CCC3)ccc(F)c2F)c(Cl)c1. The van der Waals surface area contributed by atoms with Gasteiger partial charge in [0.15, 0.2) is 11.6 Å². The minimum absolute atomic E-state index is 0.0749. The Morgan fingerprint density at radius 3 is 2.54 bits per heavy atom. The molecule has 7 heteroatoms. The maximum absolute atomic E-state index is 14.3. The Bertz CT molecular complexity index is 826. The zero-order valence-electron chi connectivity index (χ0n) is 16.2. The van der Waals surface area contributed by atoms with E-state index in [2.05, 4.69) is 10.8 Å². The molecule has 0 aromatic heterocycles. The minimum atomic E-state index is -1.16. The highest BCUT2D eigenvalue weighted by Crippen LogP contribution is 2.31. The van der Waals surface area contributed by atoms with Gasteiger partial charge in [-0.2, -0.15) is 0 Å². The van der Waals surface area contributed by atoms with Crippen molar-refractivity contribution in [3.8, 4) is 0 Å². The Morgan fingerprint density at radius 2 is 1.93 bits per heavy atom. The molecule has 1 aliphatic carbocycles. The van der Waals surface area contributed by atoms with Crippen molar-refractivity contribution in [1.29, 1.82) is 0 Å². The Hall–Kier alpha value is -2.18. The first-order chi connectivity index (χ1) is 13.5. The molecular formula is C21H25ClF2N2O2. The third-order valence-electron chi connectivity index (χ3n) is 4.43.